The van der Waals surface area contributed by atoms with Crippen molar-refractivity contribution in [1.82, 2.24) is 10.2 Å². The maximum Gasteiger partial charge on any atom is 0.188 e. The molecule has 150 valence electrons. The lowest BCUT2D eigenvalue weighted by atomic mass is 10.1. The minimum atomic E-state index is 0.318. The first kappa shape index (κ1) is 20.1. The summed E-state index contributed by atoms with van der Waals surface area (Å²) in [4.78, 5) is 7.01. The molecule has 1 atom stereocenters. The van der Waals surface area contributed by atoms with Gasteiger partial charge in [-0.1, -0.05) is 31.2 Å². The van der Waals surface area contributed by atoms with Crippen LogP contribution in [-0.4, -0.2) is 55.9 Å². The van der Waals surface area contributed by atoms with Crippen molar-refractivity contribution < 1.29 is 9.47 Å². The van der Waals surface area contributed by atoms with Crippen LogP contribution in [0.2, 0.25) is 0 Å². The van der Waals surface area contributed by atoms with Gasteiger partial charge in [0.15, 0.2) is 5.96 Å². The molecule has 2 saturated heterocycles. The summed E-state index contributed by atoms with van der Waals surface area (Å²) in [7, 11) is 0. The molecule has 2 fully saturated rings. The molecule has 6 heteroatoms. The molecule has 1 aromatic carbocycles. The number of guanidine groups is 1. The van der Waals surface area contributed by atoms with Crippen LogP contribution in [0.15, 0.2) is 29.3 Å². The highest BCUT2D eigenvalue weighted by molar-refractivity contribution is 5.77. The zero-order chi connectivity index (χ0) is 18.9. The fourth-order valence-electron chi connectivity index (χ4n) is 3.87. The average molecular weight is 375 g/mol. The Hall–Kier alpha value is -1.63. The van der Waals surface area contributed by atoms with Crippen LogP contribution in [0.1, 0.15) is 43.7 Å². The van der Waals surface area contributed by atoms with Crippen molar-refractivity contribution >= 4 is 5.96 Å². The number of rotatable bonds is 8. The highest BCUT2D eigenvalue weighted by Gasteiger charge is 2.22. The van der Waals surface area contributed by atoms with Crippen molar-refractivity contribution in [3.8, 4) is 0 Å². The number of ether oxygens (including phenoxy) is 2. The molecule has 0 saturated carbocycles. The molecule has 0 aliphatic carbocycles. The number of hydrogen-bond donors (Lipinski definition) is 2. The van der Waals surface area contributed by atoms with Crippen LogP contribution < -0.4 is 11.1 Å². The summed E-state index contributed by atoms with van der Waals surface area (Å²) in [5.74, 6) is 0.529. The van der Waals surface area contributed by atoms with Crippen LogP contribution in [0.3, 0.4) is 0 Å². The minimum Gasteiger partial charge on any atom is -0.381 e. The Kier molecular flexibility index (Phi) is 7.93. The highest BCUT2D eigenvalue weighted by atomic mass is 16.5. The van der Waals surface area contributed by atoms with Crippen molar-refractivity contribution in [3.63, 3.8) is 0 Å². The standard InChI is InChI=1S/C21H34N4O2/c1-2-25-10-4-7-19(25)15-24-21(22)23-14-17-5-3-6-18(13-17)16-27-20-8-11-26-12-9-20/h3,5-6,13,19-20H,2,4,7-12,14-16H2,1H3,(H3,22,23,24). The van der Waals surface area contributed by atoms with Crippen LogP contribution in [0.4, 0.5) is 0 Å². The third kappa shape index (κ3) is 6.48. The first-order valence-electron chi connectivity index (χ1n) is 10.3. The van der Waals surface area contributed by atoms with Crippen molar-refractivity contribution in [2.45, 2.75) is 57.9 Å². The predicted molar refractivity (Wildman–Crippen MR) is 109 cm³/mol. The molecule has 6 nitrogen and oxygen atoms in total. The molecule has 0 spiro atoms. The van der Waals surface area contributed by atoms with Gasteiger partial charge in [-0.2, -0.15) is 0 Å². The second-order valence-electron chi connectivity index (χ2n) is 7.45. The van der Waals surface area contributed by atoms with E-state index in [0.29, 0.717) is 31.3 Å². The minimum absolute atomic E-state index is 0.318. The number of nitrogens with two attached hydrogens (primary N) is 1. The Labute approximate surface area is 163 Å². The first-order valence-corrected chi connectivity index (χ1v) is 10.3. The monoisotopic (exact) mass is 374 g/mol. The van der Waals surface area contributed by atoms with Crippen molar-refractivity contribution in [3.05, 3.63) is 35.4 Å². The summed E-state index contributed by atoms with van der Waals surface area (Å²) in [5, 5.41) is 3.29. The fourth-order valence-corrected chi connectivity index (χ4v) is 3.87. The molecule has 2 aliphatic heterocycles. The molecular formula is C21H34N4O2. The van der Waals surface area contributed by atoms with Gasteiger partial charge in [-0.3, -0.25) is 4.90 Å². The van der Waals surface area contributed by atoms with Gasteiger partial charge >= 0.3 is 0 Å². The van der Waals surface area contributed by atoms with Crippen LogP contribution >= 0.6 is 0 Å². The lowest BCUT2D eigenvalue weighted by Gasteiger charge is -2.23. The van der Waals surface area contributed by atoms with Gasteiger partial charge in [-0.25, -0.2) is 4.99 Å². The first-order chi connectivity index (χ1) is 13.2. The quantitative estimate of drug-likeness (QED) is 0.539. The number of nitrogens with one attached hydrogen (secondary N) is 1. The Morgan fingerprint density at radius 2 is 2.11 bits per heavy atom. The van der Waals surface area contributed by atoms with E-state index in [-0.39, 0.29) is 0 Å². The van der Waals surface area contributed by atoms with Crippen LogP contribution in [-0.2, 0) is 22.6 Å². The number of nitrogens with zero attached hydrogens (tertiary/aromatic N) is 2. The second-order valence-corrected chi connectivity index (χ2v) is 7.45. The van der Waals surface area contributed by atoms with E-state index >= 15 is 0 Å². The Bertz CT molecular complexity index is 602. The smallest absolute Gasteiger partial charge is 0.188 e. The molecular weight excluding hydrogens is 340 g/mol. The Morgan fingerprint density at radius 3 is 2.93 bits per heavy atom. The molecule has 1 aromatic rings. The number of likely N-dealkylation sites (tertiary alicyclic amines) is 1. The van der Waals surface area contributed by atoms with Gasteiger partial charge in [0.1, 0.15) is 0 Å². The van der Waals surface area contributed by atoms with E-state index in [1.807, 2.05) is 0 Å². The normalized spacial score (nSPS) is 22.3. The summed E-state index contributed by atoms with van der Waals surface area (Å²) in [6.45, 7) is 8.24. The maximum atomic E-state index is 6.06. The molecule has 0 bridgehead atoms. The number of benzene rings is 1. The summed E-state index contributed by atoms with van der Waals surface area (Å²) >= 11 is 0. The topological polar surface area (TPSA) is 72.1 Å². The third-order valence-corrected chi connectivity index (χ3v) is 5.50. The molecule has 0 aromatic heterocycles. The fraction of sp³-hybridized carbons (Fsp3) is 0.667. The predicted octanol–water partition coefficient (Wildman–Crippen LogP) is 2.27. The van der Waals surface area contributed by atoms with Crippen LogP contribution in [0.5, 0.6) is 0 Å². The van der Waals surface area contributed by atoms with Crippen LogP contribution in [0.25, 0.3) is 0 Å². The van der Waals surface area contributed by atoms with E-state index in [9.17, 15) is 0 Å². The Balaban J connectivity index is 1.43. The van der Waals surface area contributed by atoms with Crippen molar-refractivity contribution in [1.29, 1.82) is 0 Å². The zero-order valence-corrected chi connectivity index (χ0v) is 16.5. The van der Waals surface area contributed by atoms with Crippen molar-refractivity contribution in [2.24, 2.45) is 10.7 Å². The van der Waals surface area contributed by atoms with Gasteiger partial charge < -0.3 is 20.5 Å². The number of hydrogen-bond acceptors (Lipinski definition) is 4. The second kappa shape index (κ2) is 10.6. The van der Waals surface area contributed by atoms with E-state index in [0.717, 1.165) is 44.7 Å². The molecule has 1 unspecified atom stereocenters. The summed E-state index contributed by atoms with van der Waals surface area (Å²) in [6.07, 6.45) is 4.81. The summed E-state index contributed by atoms with van der Waals surface area (Å²) < 4.78 is 11.4. The van der Waals surface area contributed by atoms with E-state index in [1.165, 1.54) is 24.9 Å². The van der Waals surface area contributed by atoms with E-state index in [4.69, 9.17) is 15.2 Å². The third-order valence-electron chi connectivity index (χ3n) is 5.50. The zero-order valence-electron chi connectivity index (χ0n) is 16.5. The van der Waals surface area contributed by atoms with Gasteiger partial charge in [0.25, 0.3) is 0 Å². The van der Waals surface area contributed by atoms with Gasteiger partial charge in [0.2, 0.25) is 0 Å². The molecule has 0 radical (unpaired) electrons. The van der Waals surface area contributed by atoms with Gasteiger partial charge in [-0.05, 0) is 49.9 Å². The van der Waals surface area contributed by atoms with Gasteiger partial charge in [0.05, 0.1) is 19.3 Å². The van der Waals surface area contributed by atoms with E-state index < -0.39 is 0 Å². The molecule has 27 heavy (non-hydrogen) atoms. The van der Waals surface area contributed by atoms with Gasteiger partial charge in [0, 0.05) is 25.8 Å². The summed E-state index contributed by atoms with van der Waals surface area (Å²) in [6, 6.07) is 8.99. The molecule has 3 N–H and O–H groups in total. The molecule has 2 heterocycles. The Morgan fingerprint density at radius 1 is 1.30 bits per heavy atom. The van der Waals surface area contributed by atoms with Crippen molar-refractivity contribution in [2.75, 3.05) is 32.8 Å². The van der Waals surface area contributed by atoms with E-state index in [2.05, 4.69) is 46.4 Å². The largest absolute Gasteiger partial charge is 0.381 e. The maximum absolute atomic E-state index is 6.06. The SMILES string of the molecule is CCN1CCCC1CNC(N)=NCc1cccc(COC2CCOCC2)c1. The highest BCUT2D eigenvalue weighted by Crippen LogP contribution is 2.16. The lowest BCUT2D eigenvalue weighted by Crippen LogP contribution is -2.42. The number of likely N-dealkylation sites (N-methyl/N-ethyl adjacent to an activating group) is 1. The average Bonchev–Trinajstić information content (AvgIpc) is 3.18. The van der Waals surface area contributed by atoms with Gasteiger partial charge in [-0.15, -0.1) is 0 Å². The molecule has 3 rings (SSSR count). The van der Waals surface area contributed by atoms with E-state index in [1.54, 1.807) is 0 Å². The molecule has 0 amide bonds. The summed E-state index contributed by atoms with van der Waals surface area (Å²) in [5.41, 5.74) is 8.41. The lowest BCUT2D eigenvalue weighted by molar-refractivity contribution is -0.0390. The van der Waals surface area contributed by atoms with Crippen LogP contribution in [0, 0.1) is 0 Å². The number of aliphatic imine (C=N–C) groups is 1. The molecule has 2 aliphatic rings.